The number of aromatic nitrogens is 4. The van der Waals surface area contributed by atoms with Gasteiger partial charge in [-0.05, 0) is 99.1 Å². The zero-order valence-electron chi connectivity index (χ0n) is 35.8. The van der Waals surface area contributed by atoms with E-state index < -0.39 is 0 Å². The van der Waals surface area contributed by atoms with Crippen LogP contribution in [0.3, 0.4) is 0 Å². The Bertz CT molecular complexity index is 3790. The number of thiophene rings is 1. The Morgan fingerprint density at radius 1 is 0.385 bits per heavy atom. The molecule has 1 aliphatic rings. The molecule has 12 aromatic rings. The molecular weight excluding hydrogens is 809 g/mol. The summed E-state index contributed by atoms with van der Waals surface area (Å²) in [4.78, 5) is 15.3. The van der Waals surface area contributed by atoms with E-state index in [0.717, 1.165) is 33.3 Å². The lowest BCUT2D eigenvalue weighted by molar-refractivity contribution is 0.662. The summed E-state index contributed by atoms with van der Waals surface area (Å²) in [7, 11) is 0. The van der Waals surface area contributed by atoms with Crippen LogP contribution in [0.15, 0.2) is 206 Å². The van der Waals surface area contributed by atoms with Crippen molar-refractivity contribution >= 4 is 53.3 Å². The number of nitrogens with zero attached hydrogens (tertiary/aromatic N) is 4. The van der Waals surface area contributed by atoms with Crippen LogP contribution in [-0.2, 0) is 5.41 Å². The molecule has 0 aliphatic heterocycles. The summed E-state index contributed by atoms with van der Waals surface area (Å²) in [6.07, 6.45) is 0. The number of benzene rings is 9. The zero-order chi connectivity index (χ0) is 43.2. The molecular formula is C60H40N4S. The average molecular weight is 849 g/mol. The summed E-state index contributed by atoms with van der Waals surface area (Å²) in [5.74, 6) is 1.97. The summed E-state index contributed by atoms with van der Waals surface area (Å²) in [5, 5.41) is 4.81. The molecule has 0 N–H and O–H groups in total. The van der Waals surface area contributed by atoms with E-state index in [0.29, 0.717) is 17.5 Å². The molecule has 0 atom stereocenters. The van der Waals surface area contributed by atoms with Crippen LogP contribution >= 0.6 is 11.3 Å². The van der Waals surface area contributed by atoms with Crippen molar-refractivity contribution in [3.05, 3.63) is 217 Å². The van der Waals surface area contributed by atoms with Gasteiger partial charge in [0.1, 0.15) is 0 Å². The molecule has 65 heavy (non-hydrogen) atoms. The highest BCUT2D eigenvalue weighted by molar-refractivity contribution is 7.26. The monoisotopic (exact) mass is 848 g/mol. The molecule has 0 saturated carbocycles. The summed E-state index contributed by atoms with van der Waals surface area (Å²) >= 11 is 1.81. The molecule has 5 heteroatoms. The second-order valence-electron chi connectivity index (χ2n) is 17.6. The van der Waals surface area contributed by atoms with Gasteiger partial charge in [0.25, 0.3) is 0 Å². The molecule has 0 radical (unpaired) electrons. The lowest BCUT2D eigenvalue weighted by Crippen LogP contribution is -2.16. The van der Waals surface area contributed by atoms with E-state index in [4.69, 9.17) is 15.0 Å². The molecule has 3 aromatic heterocycles. The van der Waals surface area contributed by atoms with E-state index in [1.54, 1.807) is 0 Å². The molecule has 4 nitrogen and oxygen atoms in total. The molecule has 306 valence electrons. The van der Waals surface area contributed by atoms with Gasteiger partial charge in [-0.3, -0.25) is 0 Å². The lowest BCUT2D eigenvalue weighted by Gasteiger charge is -2.24. The minimum Gasteiger partial charge on any atom is -0.309 e. The van der Waals surface area contributed by atoms with Crippen molar-refractivity contribution in [2.24, 2.45) is 0 Å². The third kappa shape index (κ3) is 5.93. The predicted molar refractivity (Wildman–Crippen MR) is 272 cm³/mol. The number of rotatable bonds is 6. The molecule has 0 bridgehead atoms. The first kappa shape index (κ1) is 37.6. The Labute approximate surface area is 380 Å². The van der Waals surface area contributed by atoms with Gasteiger partial charge in [-0.1, -0.05) is 166 Å². The van der Waals surface area contributed by atoms with Gasteiger partial charge in [0.2, 0.25) is 0 Å². The van der Waals surface area contributed by atoms with Crippen molar-refractivity contribution in [1.82, 2.24) is 19.5 Å². The van der Waals surface area contributed by atoms with Gasteiger partial charge in [0.15, 0.2) is 17.5 Å². The summed E-state index contributed by atoms with van der Waals surface area (Å²) < 4.78 is 4.84. The molecule has 0 unspecified atom stereocenters. The highest BCUT2D eigenvalue weighted by Crippen LogP contribution is 2.52. The molecule has 0 amide bonds. The summed E-state index contributed by atoms with van der Waals surface area (Å²) in [6, 6.07) is 74.3. The lowest BCUT2D eigenvalue weighted by atomic mass is 9.79. The molecule has 1 aliphatic carbocycles. The van der Waals surface area contributed by atoms with Crippen molar-refractivity contribution in [2.75, 3.05) is 0 Å². The SMILES string of the molecule is CC1(C)c2ccccc2-c2cccc(-c3ccc4c(c3)c3cc(-c5ccc6sc7cccc(-c8nc(-c9ccccc9)nc(-c9ccccc9)n8)c7c6c5)ccc3n4-c3ccccc3)c21. The van der Waals surface area contributed by atoms with Crippen molar-refractivity contribution < 1.29 is 0 Å². The standard InChI is InChI=1S/C60H40N4S/c1-60(2)50-26-13-12-22-44(50)45-24-14-23-43(56(45)60)41-29-32-52-48(36-41)47-34-39(28-31-51(47)64(52)42-20-10-5-11-21-42)40-30-33-53-49(35-40)55-46(25-15-27-54(55)65-53)59-62-57(37-16-6-3-7-17-37)61-58(63-59)38-18-8-4-9-19-38/h3-36H,1-2H3. The largest absolute Gasteiger partial charge is 0.309 e. The Hall–Kier alpha value is -7.99. The van der Waals surface area contributed by atoms with E-state index >= 15 is 0 Å². The molecule has 0 saturated heterocycles. The van der Waals surface area contributed by atoms with Crippen LogP contribution in [0.25, 0.3) is 115 Å². The molecule has 13 rings (SSSR count). The van der Waals surface area contributed by atoms with E-state index in [2.05, 4.69) is 188 Å². The quantitative estimate of drug-likeness (QED) is 0.167. The Morgan fingerprint density at radius 3 is 1.62 bits per heavy atom. The van der Waals surface area contributed by atoms with Crippen molar-refractivity contribution in [2.45, 2.75) is 19.3 Å². The van der Waals surface area contributed by atoms with Crippen LogP contribution in [0, 0.1) is 0 Å². The van der Waals surface area contributed by atoms with Crippen LogP contribution in [0.5, 0.6) is 0 Å². The minimum atomic E-state index is -0.120. The maximum absolute atomic E-state index is 5.15. The van der Waals surface area contributed by atoms with Crippen LogP contribution in [-0.4, -0.2) is 19.5 Å². The first-order valence-corrected chi connectivity index (χ1v) is 23.0. The van der Waals surface area contributed by atoms with Crippen LogP contribution in [0.1, 0.15) is 25.0 Å². The van der Waals surface area contributed by atoms with Gasteiger partial charge in [-0.2, -0.15) is 0 Å². The number of para-hydroxylation sites is 1. The number of hydrogen-bond acceptors (Lipinski definition) is 4. The second kappa shape index (κ2) is 14.5. The molecule has 0 spiro atoms. The van der Waals surface area contributed by atoms with E-state index in [1.165, 1.54) is 75.5 Å². The minimum absolute atomic E-state index is 0.120. The van der Waals surface area contributed by atoms with Gasteiger partial charge in [-0.15, -0.1) is 11.3 Å². The van der Waals surface area contributed by atoms with Gasteiger partial charge < -0.3 is 4.57 Å². The fourth-order valence-electron chi connectivity index (χ4n) is 10.4. The van der Waals surface area contributed by atoms with Gasteiger partial charge in [0, 0.05) is 58.7 Å². The highest BCUT2D eigenvalue weighted by Gasteiger charge is 2.37. The number of fused-ring (bicyclic) bond motifs is 9. The van der Waals surface area contributed by atoms with E-state index in [-0.39, 0.29) is 5.41 Å². The summed E-state index contributed by atoms with van der Waals surface area (Å²) in [5.41, 5.74) is 16.6. The van der Waals surface area contributed by atoms with Gasteiger partial charge in [0.05, 0.1) is 11.0 Å². The topological polar surface area (TPSA) is 43.6 Å². The Kier molecular flexibility index (Phi) is 8.39. The third-order valence-electron chi connectivity index (χ3n) is 13.4. The molecule has 9 aromatic carbocycles. The normalized spacial score (nSPS) is 12.9. The van der Waals surface area contributed by atoms with Crippen LogP contribution < -0.4 is 0 Å². The smallest absolute Gasteiger partial charge is 0.164 e. The first-order valence-electron chi connectivity index (χ1n) is 22.2. The number of hydrogen-bond donors (Lipinski definition) is 0. The Morgan fingerprint density at radius 2 is 0.908 bits per heavy atom. The average Bonchev–Trinajstić information content (AvgIpc) is 3.99. The fourth-order valence-corrected chi connectivity index (χ4v) is 11.5. The second-order valence-corrected chi connectivity index (χ2v) is 18.6. The molecule has 0 fully saturated rings. The fraction of sp³-hybridized carbons (Fsp3) is 0.0500. The van der Waals surface area contributed by atoms with Crippen LogP contribution in [0.2, 0.25) is 0 Å². The Balaban J connectivity index is 0.990. The maximum Gasteiger partial charge on any atom is 0.164 e. The predicted octanol–water partition coefficient (Wildman–Crippen LogP) is 16.0. The van der Waals surface area contributed by atoms with Crippen molar-refractivity contribution in [3.63, 3.8) is 0 Å². The zero-order valence-corrected chi connectivity index (χ0v) is 36.6. The van der Waals surface area contributed by atoms with Crippen molar-refractivity contribution in [1.29, 1.82) is 0 Å². The van der Waals surface area contributed by atoms with Gasteiger partial charge in [-0.25, -0.2) is 15.0 Å². The van der Waals surface area contributed by atoms with Crippen LogP contribution in [0.4, 0.5) is 0 Å². The maximum atomic E-state index is 5.15. The van der Waals surface area contributed by atoms with E-state index in [1.807, 2.05) is 47.7 Å². The highest BCUT2D eigenvalue weighted by atomic mass is 32.1. The third-order valence-corrected chi connectivity index (χ3v) is 14.6. The molecule has 3 heterocycles. The van der Waals surface area contributed by atoms with Gasteiger partial charge >= 0.3 is 0 Å². The summed E-state index contributed by atoms with van der Waals surface area (Å²) in [6.45, 7) is 4.75. The van der Waals surface area contributed by atoms with Crippen molar-refractivity contribution in [3.8, 4) is 73.2 Å². The first-order chi connectivity index (χ1) is 32.0. The van der Waals surface area contributed by atoms with E-state index in [9.17, 15) is 0 Å².